The molecule has 4 nitrogen and oxygen atoms in total. The summed E-state index contributed by atoms with van der Waals surface area (Å²) in [6.45, 7) is 2.15. The van der Waals surface area contributed by atoms with Gasteiger partial charge < -0.3 is 10.2 Å². The molecule has 3 saturated heterocycles. The highest BCUT2D eigenvalue weighted by Gasteiger charge is 2.36. The quantitative estimate of drug-likeness (QED) is 0.743. The topological polar surface area (TPSA) is 44.7 Å². The first-order valence-electron chi connectivity index (χ1n) is 5.29. The van der Waals surface area contributed by atoms with Gasteiger partial charge in [0, 0.05) is 30.9 Å². The normalized spacial score (nSPS) is 28.4. The summed E-state index contributed by atoms with van der Waals surface area (Å²) in [5, 5.41) is 6.39. The first-order valence-corrected chi connectivity index (χ1v) is 5.29. The number of piperidine rings is 1. The van der Waals surface area contributed by atoms with E-state index < -0.39 is 0 Å². The van der Waals surface area contributed by atoms with Gasteiger partial charge in [0.2, 0.25) is 0 Å². The first kappa shape index (κ1) is 8.85. The molecule has 2 bridgehead atoms. The average molecular weight is 203 g/mol. The fourth-order valence-electron chi connectivity index (χ4n) is 2.45. The number of fused-ring (bicyclic) bond motifs is 2. The third-order valence-electron chi connectivity index (χ3n) is 3.24. The van der Waals surface area contributed by atoms with E-state index in [-0.39, 0.29) is 0 Å². The van der Waals surface area contributed by atoms with E-state index in [0.717, 1.165) is 13.1 Å². The molecule has 3 aliphatic rings. The molecule has 3 fully saturated rings. The Kier molecular flexibility index (Phi) is 1.95. The molecule has 0 saturated carbocycles. The lowest BCUT2D eigenvalue weighted by Crippen LogP contribution is -2.67. The van der Waals surface area contributed by atoms with E-state index >= 15 is 0 Å². The van der Waals surface area contributed by atoms with Crippen LogP contribution in [0.3, 0.4) is 0 Å². The molecule has 2 unspecified atom stereocenters. The van der Waals surface area contributed by atoms with Gasteiger partial charge in [0.15, 0.2) is 0 Å². The number of hydrogen-bond acceptors (Lipinski definition) is 4. The molecule has 0 aromatic heterocycles. The highest BCUT2D eigenvalue weighted by molar-refractivity contribution is 5.53. The van der Waals surface area contributed by atoms with Crippen molar-refractivity contribution in [3.63, 3.8) is 0 Å². The maximum atomic E-state index is 10.3. The van der Waals surface area contributed by atoms with Gasteiger partial charge in [0.25, 0.3) is 0 Å². The van der Waals surface area contributed by atoms with Crippen LogP contribution < -0.4 is 10.2 Å². The van der Waals surface area contributed by atoms with Crippen molar-refractivity contribution >= 4 is 11.4 Å². The maximum absolute atomic E-state index is 10.3. The summed E-state index contributed by atoms with van der Waals surface area (Å²) in [5.41, 5.74) is 1.69. The van der Waals surface area contributed by atoms with E-state index in [9.17, 15) is 4.91 Å². The lowest BCUT2D eigenvalue weighted by molar-refractivity contribution is 0.226. The van der Waals surface area contributed by atoms with Crippen molar-refractivity contribution in [3.05, 3.63) is 29.2 Å². The van der Waals surface area contributed by atoms with Crippen LogP contribution in [0, 0.1) is 4.91 Å². The molecule has 4 heteroatoms. The minimum absolute atomic E-state index is 0.499. The molecule has 0 radical (unpaired) electrons. The molecule has 0 spiro atoms. The number of hydrogen-bond donors (Lipinski definition) is 1. The second-order valence-electron chi connectivity index (χ2n) is 4.31. The van der Waals surface area contributed by atoms with Crippen molar-refractivity contribution in [3.8, 4) is 0 Å². The predicted molar refractivity (Wildman–Crippen MR) is 59.4 cm³/mol. The summed E-state index contributed by atoms with van der Waals surface area (Å²) < 4.78 is 0. The van der Waals surface area contributed by atoms with Crippen LogP contribution in [0.2, 0.25) is 0 Å². The Morgan fingerprint density at radius 2 is 1.80 bits per heavy atom. The second kappa shape index (κ2) is 3.31. The summed E-state index contributed by atoms with van der Waals surface area (Å²) in [6.07, 6.45) is 1.31. The molecule has 3 heterocycles. The number of rotatable bonds is 2. The standard InChI is InChI=1S/C11H13N3O/c15-13-8-1-3-11(4-2-8)14-6-9-5-10(7-14)12-9/h1-4,9-10,12H,5-7H2. The average Bonchev–Trinajstić information content (AvgIpc) is 2.28. The number of nitrogens with zero attached hydrogens (tertiary/aromatic N) is 2. The Hall–Kier alpha value is -1.42. The van der Waals surface area contributed by atoms with Crippen molar-refractivity contribution in [1.82, 2.24) is 5.32 Å². The third-order valence-corrected chi connectivity index (χ3v) is 3.24. The van der Waals surface area contributed by atoms with Crippen LogP contribution in [0.15, 0.2) is 29.4 Å². The summed E-state index contributed by atoms with van der Waals surface area (Å²) in [4.78, 5) is 12.6. The Morgan fingerprint density at radius 1 is 1.20 bits per heavy atom. The van der Waals surface area contributed by atoms with Crippen molar-refractivity contribution in [2.75, 3.05) is 18.0 Å². The minimum Gasteiger partial charge on any atom is -0.368 e. The van der Waals surface area contributed by atoms with Crippen LogP contribution in [0.25, 0.3) is 0 Å². The molecule has 78 valence electrons. The van der Waals surface area contributed by atoms with E-state index in [0.29, 0.717) is 17.8 Å². The third kappa shape index (κ3) is 1.51. The van der Waals surface area contributed by atoms with Gasteiger partial charge in [0.05, 0.1) is 0 Å². The molecular formula is C11H13N3O. The van der Waals surface area contributed by atoms with E-state index in [2.05, 4.69) is 15.4 Å². The molecule has 1 N–H and O–H groups in total. The molecule has 15 heavy (non-hydrogen) atoms. The number of piperazine rings is 1. The molecule has 1 aromatic rings. The lowest BCUT2D eigenvalue weighted by Gasteiger charge is -2.49. The van der Waals surface area contributed by atoms with Gasteiger partial charge in [-0.3, -0.25) is 0 Å². The highest BCUT2D eigenvalue weighted by Crippen LogP contribution is 2.27. The Labute approximate surface area is 88.2 Å². The molecule has 3 aliphatic heterocycles. The molecule has 0 amide bonds. The van der Waals surface area contributed by atoms with Gasteiger partial charge in [-0.1, -0.05) is 0 Å². The first-order chi connectivity index (χ1) is 7.35. The van der Waals surface area contributed by atoms with Crippen molar-refractivity contribution in [1.29, 1.82) is 0 Å². The van der Waals surface area contributed by atoms with Crippen LogP contribution >= 0.6 is 0 Å². The van der Waals surface area contributed by atoms with Crippen LogP contribution in [-0.2, 0) is 0 Å². The Balaban J connectivity index is 1.77. The number of benzene rings is 1. The van der Waals surface area contributed by atoms with Crippen LogP contribution in [-0.4, -0.2) is 25.2 Å². The van der Waals surface area contributed by atoms with Gasteiger partial charge in [0.1, 0.15) is 5.69 Å². The summed E-state index contributed by atoms with van der Waals surface area (Å²) in [6, 6.07) is 8.81. The molecule has 0 aliphatic carbocycles. The lowest BCUT2D eigenvalue weighted by atomic mass is 9.91. The second-order valence-corrected chi connectivity index (χ2v) is 4.31. The van der Waals surface area contributed by atoms with E-state index in [1.165, 1.54) is 12.1 Å². The fourth-order valence-corrected chi connectivity index (χ4v) is 2.45. The number of anilines is 1. The molecule has 2 atom stereocenters. The minimum atomic E-state index is 0.499. The summed E-state index contributed by atoms with van der Waals surface area (Å²) >= 11 is 0. The number of nitrogens with one attached hydrogen (secondary N) is 1. The van der Waals surface area contributed by atoms with E-state index in [1.807, 2.05) is 12.1 Å². The Bertz CT molecular complexity index is 360. The maximum Gasteiger partial charge on any atom is 0.108 e. The highest BCUT2D eigenvalue weighted by atomic mass is 16.3. The van der Waals surface area contributed by atoms with Crippen molar-refractivity contribution in [2.24, 2.45) is 5.18 Å². The SMILES string of the molecule is O=Nc1ccc(N2CC3CC(C2)N3)cc1. The summed E-state index contributed by atoms with van der Waals surface area (Å²) in [5.74, 6) is 0. The van der Waals surface area contributed by atoms with E-state index in [1.54, 1.807) is 12.1 Å². The van der Waals surface area contributed by atoms with Gasteiger partial charge in [-0.15, -0.1) is 4.91 Å². The molecule has 1 aromatic carbocycles. The van der Waals surface area contributed by atoms with Gasteiger partial charge in [-0.25, -0.2) is 0 Å². The zero-order valence-electron chi connectivity index (χ0n) is 8.39. The van der Waals surface area contributed by atoms with Gasteiger partial charge in [-0.2, -0.15) is 0 Å². The van der Waals surface area contributed by atoms with Crippen LogP contribution in [0.5, 0.6) is 0 Å². The predicted octanol–water partition coefficient (Wildman–Crippen LogP) is 1.64. The van der Waals surface area contributed by atoms with Crippen LogP contribution in [0.1, 0.15) is 6.42 Å². The van der Waals surface area contributed by atoms with Gasteiger partial charge >= 0.3 is 0 Å². The Morgan fingerprint density at radius 3 is 2.33 bits per heavy atom. The monoisotopic (exact) mass is 203 g/mol. The smallest absolute Gasteiger partial charge is 0.108 e. The summed E-state index contributed by atoms with van der Waals surface area (Å²) in [7, 11) is 0. The largest absolute Gasteiger partial charge is 0.368 e. The zero-order valence-corrected chi connectivity index (χ0v) is 8.39. The van der Waals surface area contributed by atoms with Crippen molar-refractivity contribution in [2.45, 2.75) is 18.5 Å². The van der Waals surface area contributed by atoms with Crippen LogP contribution in [0.4, 0.5) is 11.4 Å². The van der Waals surface area contributed by atoms with Gasteiger partial charge in [-0.05, 0) is 35.9 Å². The van der Waals surface area contributed by atoms with E-state index in [4.69, 9.17) is 0 Å². The zero-order chi connectivity index (χ0) is 10.3. The molecular weight excluding hydrogens is 190 g/mol. The fraction of sp³-hybridized carbons (Fsp3) is 0.455. The number of nitroso groups, excluding NO2 is 1. The molecule has 4 rings (SSSR count). The van der Waals surface area contributed by atoms with Crippen molar-refractivity contribution < 1.29 is 0 Å².